The Bertz CT molecular complexity index is 677. The summed E-state index contributed by atoms with van der Waals surface area (Å²) in [6, 6.07) is 8.96. The van der Waals surface area contributed by atoms with E-state index in [1.807, 2.05) is 0 Å². The van der Waals surface area contributed by atoms with E-state index < -0.39 is 11.7 Å². The fraction of sp³-hybridized carbons (Fsp3) is 0.133. The van der Waals surface area contributed by atoms with Crippen molar-refractivity contribution in [1.82, 2.24) is 0 Å². The van der Waals surface area contributed by atoms with E-state index in [2.05, 4.69) is 21.2 Å². The Balaban J connectivity index is 2.32. The van der Waals surface area contributed by atoms with Gasteiger partial charge in [0.05, 0.1) is 23.5 Å². The summed E-state index contributed by atoms with van der Waals surface area (Å²) in [5.41, 5.74) is 6.83. The van der Waals surface area contributed by atoms with Crippen molar-refractivity contribution in [3.63, 3.8) is 0 Å². The maximum atomic E-state index is 13.2. The van der Waals surface area contributed by atoms with E-state index in [-0.39, 0.29) is 0 Å². The monoisotopic (exact) mass is 352 g/mol. The minimum atomic E-state index is -0.439. The molecular weight excluding hydrogens is 339 g/mol. The lowest BCUT2D eigenvalue weighted by atomic mass is 10.1. The molecule has 0 bridgehead atoms. The number of nitrogens with two attached hydrogens (primary N) is 1. The molecule has 2 rings (SSSR count). The number of halogens is 2. The first-order valence-corrected chi connectivity index (χ1v) is 7.10. The van der Waals surface area contributed by atoms with Crippen LogP contribution in [0.4, 0.5) is 15.8 Å². The van der Waals surface area contributed by atoms with Crippen molar-refractivity contribution in [2.75, 3.05) is 17.7 Å². The normalized spacial score (nSPS) is 10.2. The lowest BCUT2D eigenvalue weighted by molar-refractivity contribution is 0.102. The molecule has 110 valence electrons. The molecule has 0 aliphatic heterocycles. The number of anilines is 2. The highest BCUT2D eigenvalue weighted by Crippen LogP contribution is 2.29. The molecule has 0 aromatic heterocycles. The van der Waals surface area contributed by atoms with Crippen molar-refractivity contribution >= 4 is 33.2 Å². The third kappa shape index (κ3) is 3.52. The zero-order valence-corrected chi connectivity index (χ0v) is 12.9. The molecule has 0 radical (unpaired) electrons. The number of carbonyl (C=O) groups is 1. The zero-order valence-electron chi connectivity index (χ0n) is 11.3. The van der Waals surface area contributed by atoms with Gasteiger partial charge in [0, 0.05) is 4.47 Å². The van der Waals surface area contributed by atoms with Crippen LogP contribution >= 0.6 is 15.9 Å². The zero-order chi connectivity index (χ0) is 15.4. The molecule has 6 heteroatoms. The van der Waals surface area contributed by atoms with Gasteiger partial charge in [-0.1, -0.05) is 6.07 Å². The van der Waals surface area contributed by atoms with Gasteiger partial charge >= 0.3 is 0 Å². The average Bonchev–Trinajstić information content (AvgIpc) is 2.45. The number of nitrogen functional groups attached to an aromatic ring is 1. The highest BCUT2D eigenvalue weighted by atomic mass is 79.9. The first-order chi connectivity index (χ1) is 10.0. The predicted octanol–water partition coefficient (Wildman–Crippen LogP) is 3.82. The summed E-state index contributed by atoms with van der Waals surface area (Å²) in [5, 5.41) is 2.63. The van der Waals surface area contributed by atoms with Gasteiger partial charge in [0.1, 0.15) is 5.82 Å². The quantitative estimate of drug-likeness (QED) is 0.822. The Morgan fingerprint density at radius 2 is 2.14 bits per heavy atom. The Morgan fingerprint density at radius 3 is 2.86 bits per heavy atom. The largest absolute Gasteiger partial charge is 0.491 e. The first kappa shape index (κ1) is 15.3. The van der Waals surface area contributed by atoms with Crippen molar-refractivity contribution in [3.05, 3.63) is 52.3 Å². The SMILES string of the molecule is CCOc1c(N)cccc1C(=O)Nc1cc(F)ccc1Br. The molecule has 3 N–H and O–H groups in total. The Kier molecular flexibility index (Phi) is 4.80. The van der Waals surface area contributed by atoms with E-state index >= 15 is 0 Å². The summed E-state index contributed by atoms with van der Waals surface area (Å²) < 4.78 is 19.2. The minimum absolute atomic E-state index is 0.299. The van der Waals surface area contributed by atoms with Gasteiger partial charge in [-0.15, -0.1) is 0 Å². The lowest BCUT2D eigenvalue weighted by Gasteiger charge is -2.13. The molecule has 2 aromatic rings. The maximum absolute atomic E-state index is 13.2. The molecule has 0 spiro atoms. The minimum Gasteiger partial charge on any atom is -0.491 e. The maximum Gasteiger partial charge on any atom is 0.259 e. The predicted molar refractivity (Wildman–Crippen MR) is 84.1 cm³/mol. The van der Waals surface area contributed by atoms with Crippen LogP contribution in [0.2, 0.25) is 0 Å². The molecule has 0 unspecified atom stereocenters. The molecular formula is C15H14BrFN2O2. The third-order valence-electron chi connectivity index (χ3n) is 2.76. The first-order valence-electron chi connectivity index (χ1n) is 6.30. The van der Waals surface area contributed by atoms with Gasteiger partial charge in [-0.2, -0.15) is 0 Å². The Morgan fingerprint density at radius 1 is 1.38 bits per heavy atom. The molecule has 4 nitrogen and oxygen atoms in total. The molecule has 0 aliphatic rings. The van der Waals surface area contributed by atoms with Crippen LogP contribution in [-0.2, 0) is 0 Å². The average molecular weight is 353 g/mol. The fourth-order valence-electron chi connectivity index (χ4n) is 1.82. The smallest absolute Gasteiger partial charge is 0.259 e. The number of hydrogen-bond acceptors (Lipinski definition) is 3. The van der Waals surface area contributed by atoms with Crippen molar-refractivity contribution < 1.29 is 13.9 Å². The van der Waals surface area contributed by atoms with Gasteiger partial charge in [-0.05, 0) is 53.2 Å². The fourth-order valence-corrected chi connectivity index (χ4v) is 2.17. The van der Waals surface area contributed by atoms with Crippen molar-refractivity contribution in [3.8, 4) is 5.75 Å². The van der Waals surface area contributed by atoms with Crippen LogP contribution in [0.25, 0.3) is 0 Å². The second kappa shape index (κ2) is 6.58. The van der Waals surface area contributed by atoms with Crippen LogP contribution in [0.15, 0.2) is 40.9 Å². The molecule has 0 saturated carbocycles. The molecule has 21 heavy (non-hydrogen) atoms. The van der Waals surface area contributed by atoms with Gasteiger partial charge in [0.2, 0.25) is 0 Å². The number of ether oxygens (including phenoxy) is 1. The van der Waals surface area contributed by atoms with Gasteiger partial charge in [0.15, 0.2) is 5.75 Å². The summed E-state index contributed by atoms with van der Waals surface area (Å²) in [6.07, 6.45) is 0. The third-order valence-corrected chi connectivity index (χ3v) is 3.45. The van der Waals surface area contributed by atoms with Crippen LogP contribution < -0.4 is 15.8 Å². The van der Waals surface area contributed by atoms with Gasteiger partial charge in [0.25, 0.3) is 5.91 Å². The van der Waals surface area contributed by atoms with Crippen molar-refractivity contribution in [2.24, 2.45) is 0 Å². The highest BCUT2D eigenvalue weighted by molar-refractivity contribution is 9.10. The van der Waals surface area contributed by atoms with Gasteiger partial charge in [-0.25, -0.2) is 4.39 Å². The van der Waals surface area contributed by atoms with Crippen molar-refractivity contribution in [2.45, 2.75) is 6.92 Å². The van der Waals surface area contributed by atoms with E-state index in [0.29, 0.717) is 33.8 Å². The number of benzene rings is 2. The van der Waals surface area contributed by atoms with E-state index in [9.17, 15) is 9.18 Å². The van der Waals surface area contributed by atoms with Crippen LogP contribution in [-0.4, -0.2) is 12.5 Å². The number of amides is 1. The highest BCUT2D eigenvalue weighted by Gasteiger charge is 2.16. The van der Waals surface area contributed by atoms with Gasteiger partial charge < -0.3 is 15.8 Å². The lowest BCUT2D eigenvalue weighted by Crippen LogP contribution is -2.15. The Hall–Kier alpha value is -2.08. The summed E-state index contributed by atoms with van der Waals surface area (Å²) in [4.78, 5) is 12.3. The van der Waals surface area contributed by atoms with E-state index in [1.54, 1.807) is 25.1 Å². The number of para-hydroxylation sites is 1. The molecule has 0 atom stereocenters. The summed E-state index contributed by atoms with van der Waals surface area (Å²) in [5.74, 6) is -0.534. The molecule has 1 amide bonds. The summed E-state index contributed by atoms with van der Waals surface area (Å²) >= 11 is 3.26. The van der Waals surface area contributed by atoms with Crippen LogP contribution in [0.1, 0.15) is 17.3 Å². The topological polar surface area (TPSA) is 64.3 Å². The number of carbonyl (C=O) groups excluding carboxylic acids is 1. The van der Waals surface area contributed by atoms with Gasteiger partial charge in [-0.3, -0.25) is 4.79 Å². The number of nitrogens with one attached hydrogen (secondary N) is 1. The number of hydrogen-bond donors (Lipinski definition) is 2. The van der Waals surface area contributed by atoms with E-state index in [0.717, 1.165) is 0 Å². The van der Waals surface area contributed by atoms with Crippen LogP contribution in [0.5, 0.6) is 5.75 Å². The van der Waals surface area contributed by atoms with E-state index in [4.69, 9.17) is 10.5 Å². The van der Waals surface area contributed by atoms with Crippen molar-refractivity contribution in [1.29, 1.82) is 0 Å². The van der Waals surface area contributed by atoms with E-state index in [1.165, 1.54) is 18.2 Å². The van der Waals surface area contributed by atoms with Crippen LogP contribution in [0.3, 0.4) is 0 Å². The number of rotatable bonds is 4. The Labute approximate surface area is 130 Å². The second-order valence-electron chi connectivity index (χ2n) is 4.24. The standard InChI is InChI=1S/C15H14BrFN2O2/c1-2-21-14-10(4-3-5-12(14)18)15(20)19-13-8-9(17)6-7-11(13)16/h3-8H,2,18H2,1H3,(H,19,20). The molecule has 0 saturated heterocycles. The molecule has 2 aromatic carbocycles. The molecule has 0 heterocycles. The van der Waals surface area contributed by atoms with Crippen LogP contribution in [0, 0.1) is 5.82 Å². The second-order valence-corrected chi connectivity index (χ2v) is 5.09. The summed E-state index contributed by atoms with van der Waals surface area (Å²) in [7, 11) is 0. The molecule has 0 aliphatic carbocycles. The molecule has 0 fully saturated rings. The summed E-state index contributed by atoms with van der Waals surface area (Å²) in [6.45, 7) is 2.19.